The Morgan fingerprint density at radius 1 is 1.19 bits per heavy atom. The van der Waals surface area contributed by atoms with E-state index in [1.807, 2.05) is 0 Å². The molecule has 0 bridgehead atoms. The minimum absolute atomic E-state index is 0.0339. The Labute approximate surface area is 121 Å². The predicted molar refractivity (Wildman–Crippen MR) is 73.6 cm³/mol. The molecule has 114 valence electrons. The van der Waals surface area contributed by atoms with Gasteiger partial charge in [-0.1, -0.05) is 0 Å². The lowest BCUT2D eigenvalue weighted by Crippen LogP contribution is -2.31. The van der Waals surface area contributed by atoms with Crippen LogP contribution in [0.4, 0.5) is 8.78 Å². The largest absolute Gasteiger partial charge is 0.478 e. The molecule has 1 atom stereocenters. The number of hydrogen-bond acceptors (Lipinski definition) is 2. The number of hydrogen-bond donors (Lipinski definition) is 1. The summed E-state index contributed by atoms with van der Waals surface area (Å²) in [6, 6.07) is 2.27. The quantitative estimate of drug-likeness (QED) is 0.869. The van der Waals surface area contributed by atoms with Gasteiger partial charge in [0.1, 0.15) is 11.6 Å². The number of amides is 1. The van der Waals surface area contributed by atoms with Gasteiger partial charge in [0.2, 0.25) is 5.91 Å². The Morgan fingerprint density at radius 2 is 1.76 bits per heavy atom. The first kappa shape index (κ1) is 16.8. The average Bonchev–Trinajstić information content (AvgIpc) is 2.45. The second kappa shape index (κ2) is 6.47. The molecular weight excluding hydrogens is 280 g/mol. The molecule has 6 heteroatoms. The molecule has 0 fully saturated rings. The minimum atomic E-state index is -1.20. The zero-order valence-electron chi connectivity index (χ0n) is 12.3. The van der Waals surface area contributed by atoms with Crippen LogP contribution in [-0.2, 0) is 9.59 Å². The van der Waals surface area contributed by atoms with E-state index in [4.69, 9.17) is 5.11 Å². The van der Waals surface area contributed by atoms with Crippen molar-refractivity contribution in [2.45, 2.75) is 26.8 Å². The van der Waals surface area contributed by atoms with Gasteiger partial charge < -0.3 is 10.0 Å². The molecule has 1 aromatic carbocycles. The molecular formula is C15H17F2NO3. The molecule has 0 spiro atoms. The Balaban J connectivity index is 3.10. The number of rotatable bonds is 4. The van der Waals surface area contributed by atoms with E-state index in [1.54, 1.807) is 6.92 Å². The lowest BCUT2D eigenvalue weighted by Gasteiger charge is -2.26. The van der Waals surface area contributed by atoms with Crippen LogP contribution in [-0.4, -0.2) is 28.9 Å². The van der Waals surface area contributed by atoms with Crippen LogP contribution in [0.25, 0.3) is 0 Å². The number of carboxylic acids is 1. The van der Waals surface area contributed by atoms with Crippen molar-refractivity contribution >= 4 is 11.9 Å². The number of benzene rings is 1. The molecule has 0 radical (unpaired) electrons. The Bertz CT molecular complexity index is 611. The lowest BCUT2D eigenvalue weighted by atomic mass is 10.0. The summed E-state index contributed by atoms with van der Waals surface area (Å²) in [6.07, 6.45) is 0. The van der Waals surface area contributed by atoms with E-state index in [2.05, 4.69) is 0 Å². The van der Waals surface area contributed by atoms with Gasteiger partial charge in [0.15, 0.2) is 0 Å². The van der Waals surface area contributed by atoms with Crippen molar-refractivity contribution in [3.63, 3.8) is 0 Å². The summed E-state index contributed by atoms with van der Waals surface area (Å²) >= 11 is 0. The highest BCUT2D eigenvalue weighted by Gasteiger charge is 2.23. The van der Waals surface area contributed by atoms with E-state index in [9.17, 15) is 18.4 Å². The van der Waals surface area contributed by atoms with Crippen molar-refractivity contribution in [2.75, 3.05) is 7.05 Å². The lowest BCUT2D eigenvalue weighted by molar-refractivity contribution is -0.134. The zero-order valence-corrected chi connectivity index (χ0v) is 12.3. The maximum absolute atomic E-state index is 13.7. The van der Waals surface area contributed by atoms with Gasteiger partial charge in [0, 0.05) is 23.8 Å². The second-order valence-electron chi connectivity index (χ2n) is 4.81. The molecule has 1 rings (SSSR count). The van der Waals surface area contributed by atoms with Gasteiger partial charge >= 0.3 is 5.97 Å². The molecule has 0 aromatic heterocycles. The molecule has 0 aliphatic heterocycles. The van der Waals surface area contributed by atoms with Crippen LogP contribution in [0.3, 0.4) is 0 Å². The van der Waals surface area contributed by atoms with Crippen LogP contribution >= 0.6 is 0 Å². The maximum Gasteiger partial charge on any atom is 0.331 e. The van der Waals surface area contributed by atoms with Crippen molar-refractivity contribution in [3.8, 4) is 0 Å². The van der Waals surface area contributed by atoms with Crippen LogP contribution in [0.1, 0.15) is 32.4 Å². The van der Waals surface area contributed by atoms with Gasteiger partial charge in [-0.15, -0.1) is 0 Å². The highest BCUT2D eigenvalue weighted by Crippen LogP contribution is 2.24. The minimum Gasteiger partial charge on any atom is -0.478 e. The predicted octanol–water partition coefficient (Wildman–Crippen LogP) is 2.91. The van der Waals surface area contributed by atoms with Crippen LogP contribution in [0.2, 0.25) is 0 Å². The van der Waals surface area contributed by atoms with E-state index in [0.717, 1.165) is 18.2 Å². The maximum atomic E-state index is 13.7. The number of nitrogens with zero attached hydrogens (tertiary/aromatic N) is 1. The number of carbonyl (C=O) groups excluding carboxylic acids is 1. The molecule has 1 N–H and O–H groups in total. The zero-order chi connectivity index (χ0) is 16.3. The summed E-state index contributed by atoms with van der Waals surface area (Å²) in [6.45, 7) is 4.24. The molecule has 1 amide bonds. The highest BCUT2D eigenvalue weighted by atomic mass is 19.1. The topological polar surface area (TPSA) is 57.6 Å². The highest BCUT2D eigenvalue weighted by molar-refractivity contribution is 6.01. The van der Waals surface area contributed by atoms with Gasteiger partial charge in [0.05, 0.1) is 6.04 Å². The van der Waals surface area contributed by atoms with Crippen LogP contribution in [0.5, 0.6) is 0 Å². The average molecular weight is 297 g/mol. The van der Waals surface area contributed by atoms with Crippen LogP contribution in [0, 0.1) is 11.6 Å². The van der Waals surface area contributed by atoms with E-state index in [-0.39, 0.29) is 16.7 Å². The standard InChI is InChI=1S/C15H17F2NO3/c1-8(9(2)15(20)21)14(19)18(4)10(3)12-7-11(16)5-6-13(12)17/h5-7,10H,1-4H3,(H,20,21). The molecule has 0 aliphatic carbocycles. The molecule has 4 nitrogen and oxygen atoms in total. The first-order chi connectivity index (χ1) is 9.66. The summed E-state index contributed by atoms with van der Waals surface area (Å²) in [5.74, 6) is -2.97. The Morgan fingerprint density at radius 3 is 2.29 bits per heavy atom. The van der Waals surface area contributed by atoms with Crippen molar-refractivity contribution in [1.29, 1.82) is 0 Å². The fourth-order valence-electron chi connectivity index (χ4n) is 1.80. The van der Waals surface area contributed by atoms with Crippen molar-refractivity contribution in [2.24, 2.45) is 0 Å². The fourth-order valence-corrected chi connectivity index (χ4v) is 1.80. The summed E-state index contributed by atoms with van der Waals surface area (Å²) in [5, 5.41) is 8.88. The van der Waals surface area contributed by atoms with Gasteiger partial charge in [-0.25, -0.2) is 13.6 Å². The summed E-state index contributed by atoms with van der Waals surface area (Å²) in [7, 11) is 1.41. The SMILES string of the molecule is CC(C(=O)O)=C(C)C(=O)N(C)C(C)c1cc(F)ccc1F. The Kier molecular flexibility index (Phi) is 5.18. The van der Waals surface area contributed by atoms with Crippen molar-refractivity contribution in [1.82, 2.24) is 4.90 Å². The number of carboxylic acid groups (broad SMARTS) is 1. The third kappa shape index (κ3) is 3.65. The molecule has 0 saturated heterocycles. The van der Waals surface area contributed by atoms with Gasteiger partial charge in [-0.3, -0.25) is 4.79 Å². The third-order valence-corrected chi connectivity index (χ3v) is 3.51. The van der Waals surface area contributed by atoms with Crippen molar-refractivity contribution in [3.05, 3.63) is 46.5 Å². The Hall–Kier alpha value is -2.24. The second-order valence-corrected chi connectivity index (χ2v) is 4.81. The number of carbonyl (C=O) groups is 2. The molecule has 21 heavy (non-hydrogen) atoms. The summed E-state index contributed by atoms with van der Waals surface area (Å²) in [5.41, 5.74) is -0.000876. The van der Waals surface area contributed by atoms with E-state index < -0.39 is 29.6 Å². The molecule has 0 heterocycles. The number of aliphatic carboxylic acids is 1. The normalized spacial score (nSPS) is 13.4. The third-order valence-electron chi connectivity index (χ3n) is 3.51. The van der Waals surface area contributed by atoms with Crippen molar-refractivity contribution < 1.29 is 23.5 Å². The smallest absolute Gasteiger partial charge is 0.331 e. The first-order valence-electron chi connectivity index (χ1n) is 6.29. The monoisotopic (exact) mass is 297 g/mol. The molecule has 1 unspecified atom stereocenters. The van der Waals surface area contributed by atoms with Crippen LogP contribution < -0.4 is 0 Å². The molecule has 1 aromatic rings. The summed E-state index contributed by atoms with van der Waals surface area (Å²) < 4.78 is 26.9. The summed E-state index contributed by atoms with van der Waals surface area (Å²) in [4.78, 5) is 24.2. The van der Waals surface area contributed by atoms with Gasteiger partial charge in [-0.05, 0) is 39.0 Å². The fraction of sp³-hybridized carbons (Fsp3) is 0.333. The number of likely N-dealkylation sites (N-methyl/N-ethyl adjacent to an activating group) is 1. The van der Waals surface area contributed by atoms with E-state index in [0.29, 0.717) is 0 Å². The van der Waals surface area contributed by atoms with E-state index >= 15 is 0 Å². The van der Waals surface area contributed by atoms with E-state index in [1.165, 1.54) is 25.8 Å². The van der Waals surface area contributed by atoms with Crippen LogP contribution in [0.15, 0.2) is 29.3 Å². The first-order valence-corrected chi connectivity index (χ1v) is 6.29. The molecule has 0 aliphatic rings. The van der Waals surface area contributed by atoms with Gasteiger partial charge in [-0.2, -0.15) is 0 Å². The number of halogens is 2. The van der Waals surface area contributed by atoms with Gasteiger partial charge in [0.25, 0.3) is 0 Å². The molecule has 0 saturated carbocycles.